The maximum atomic E-state index is 12.4. The lowest BCUT2D eigenvalue weighted by Gasteiger charge is -2.30. The van der Waals surface area contributed by atoms with Crippen LogP contribution in [0.15, 0.2) is 54.9 Å². The number of nitrogens with one attached hydrogen (secondary N) is 1. The van der Waals surface area contributed by atoms with Crippen molar-refractivity contribution in [2.75, 3.05) is 16.8 Å². The van der Waals surface area contributed by atoms with Crippen LogP contribution in [0.1, 0.15) is 22.5 Å². The van der Waals surface area contributed by atoms with Crippen LogP contribution in [0.3, 0.4) is 0 Å². The summed E-state index contributed by atoms with van der Waals surface area (Å²) in [4.78, 5) is 23.3. The van der Waals surface area contributed by atoms with Gasteiger partial charge < -0.3 is 10.2 Å². The Kier molecular flexibility index (Phi) is 4.97. The van der Waals surface area contributed by atoms with E-state index in [1.807, 2.05) is 12.1 Å². The van der Waals surface area contributed by atoms with Gasteiger partial charge in [-0.05, 0) is 36.6 Å². The van der Waals surface area contributed by atoms with Gasteiger partial charge in [-0.3, -0.25) is 4.79 Å². The molecule has 0 unspecified atom stereocenters. The fraction of sp³-hybridized carbons (Fsp3) is 0.150. The van der Waals surface area contributed by atoms with E-state index in [4.69, 9.17) is 23.2 Å². The molecule has 1 aliphatic heterocycles. The number of benzene rings is 2. The molecule has 1 N–H and O–H groups in total. The first-order valence-corrected chi connectivity index (χ1v) is 9.32. The van der Waals surface area contributed by atoms with Crippen LogP contribution in [0.25, 0.3) is 0 Å². The van der Waals surface area contributed by atoms with Gasteiger partial charge in [0.15, 0.2) is 5.82 Å². The quantitative estimate of drug-likeness (QED) is 0.664. The van der Waals surface area contributed by atoms with E-state index in [2.05, 4.69) is 32.3 Å². The van der Waals surface area contributed by atoms with Gasteiger partial charge in [-0.25, -0.2) is 9.97 Å². The van der Waals surface area contributed by atoms with Gasteiger partial charge in [0, 0.05) is 12.2 Å². The predicted molar refractivity (Wildman–Crippen MR) is 108 cm³/mol. The van der Waals surface area contributed by atoms with Crippen LogP contribution >= 0.6 is 23.2 Å². The first-order chi connectivity index (χ1) is 13.1. The number of halogens is 2. The van der Waals surface area contributed by atoms with E-state index in [1.54, 1.807) is 24.4 Å². The minimum absolute atomic E-state index is 0.208. The summed E-state index contributed by atoms with van der Waals surface area (Å²) >= 11 is 12.1. The van der Waals surface area contributed by atoms with Crippen LogP contribution in [0.5, 0.6) is 0 Å². The molecule has 27 heavy (non-hydrogen) atoms. The Balaban J connectivity index is 1.54. The molecule has 7 heteroatoms. The van der Waals surface area contributed by atoms with Crippen LogP contribution in [0, 0.1) is 0 Å². The summed E-state index contributed by atoms with van der Waals surface area (Å²) in [5.41, 5.74) is 3.08. The molecule has 0 bridgehead atoms. The molecule has 2 aromatic carbocycles. The molecule has 0 radical (unpaired) electrons. The van der Waals surface area contributed by atoms with Gasteiger partial charge in [-0.15, -0.1) is 0 Å². The van der Waals surface area contributed by atoms with E-state index < -0.39 is 5.91 Å². The number of carbonyl (C=O) groups is 1. The van der Waals surface area contributed by atoms with E-state index >= 15 is 0 Å². The van der Waals surface area contributed by atoms with Crippen molar-refractivity contribution in [2.45, 2.75) is 12.8 Å². The number of amides is 1. The number of aromatic nitrogens is 2. The first-order valence-electron chi connectivity index (χ1n) is 8.56. The van der Waals surface area contributed by atoms with Crippen molar-refractivity contribution < 1.29 is 4.79 Å². The third-order valence-electron chi connectivity index (χ3n) is 4.46. The normalized spacial score (nSPS) is 13.2. The second kappa shape index (κ2) is 7.55. The van der Waals surface area contributed by atoms with Crippen LogP contribution < -0.4 is 10.2 Å². The third-order valence-corrected chi connectivity index (χ3v) is 5.28. The standard InChI is InChI=1S/C20H16Cl2N4O/c21-14-7-3-8-15(19(14)22)25-20(27)16-11-24-18(12-23-16)26-10-4-6-13-5-1-2-9-17(13)26/h1-3,5,7-9,11-12H,4,6,10H2,(H,25,27). The van der Waals surface area contributed by atoms with Gasteiger partial charge in [-0.2, -0.15) is 0 Å². The van der Waals surface area contributed by atoms with Gasteiger partial charge in [0.05, 0.1) is 28.1 Å². The van der Waals surface area contributed by atoms with Crippen LogP contribution in [-0.2, 0) is 6.42 Å². The summed E-state index contributed by atoms with van der Waals surface area (Å²) in [5, 5.41) is 3.38. The largest absolute Gasteiger partial charge is 0.325 e. The second-order valence-corrected chi connectivity index (χ2v) is 6.98. The van der Waals surface area contributed by atoms with Gasteiger partial charge in [0.1, 0.15) is 5.69 Å². The average molecular weight is 399 g/mol. The predicted octanol–water partition coefficient (Wildman–Crippen LogP) is 5.12. The van der Waals surface area contributed by atoms with E-state index in [-0.39, 0.29) is 5.69 Å². The topological polar surface area (TPSA) is 58.1 Å². The summed E-state index contributed by atoms with van der Waals surface area (Å²) in [7, 11) is 0. The lowest BCUT2D eigenvalue weighted by Crippen LogP contribution is -2.25. The van der Waals surface area contributed by atoms with Crippen molar-refractivity contribution in [2.24, 2.45) is 0 Å². The van der Waals surface area contributed by atoms with Crippen molar-refractivity contribution in [3.63, 3.8) is 0 Å². The number of hydrogen-bond donors (Lipinski definition) is 1. The molecule has 0 fully saturated rings. The van der Waals surface area contributed by atoms with Crippen molar-refractivity contribution in [3.05, 3.63) is 76.2 Å². The van der Waals surface area contributed by atoms with Crippen LogP contribution in [0.4, 0.5) is 17.2 Å². The van der Waals surface area contributed by atoms with Gasteiger partial charge in [0.2, 0.25) is 0 Å². The first kappa shape index (κ1) is 17.8. The van der Waals surface area contributed by atoms with Crippen LogP contribution in [-0.4, -0.2) is 22.4 Å². The molecule has 0 aliphatic carbocycles. The maximum Gasteiger partial charge on any atom is 0.275 e. The number of nitrogens with zero attached hydrogens (tertiary/aromatic N) is 3. The van der Waals surface area contributed by atoms with Gasteiger partial charge in [-0.1, -0.05) is 47.5 Å². The molecule has 5 nitrogen and oxygen atoms in total. The maximum absolute atomic E-state index is 12.4. The molecule has 1 aliphatic rings. The number of para-hydroxylation sites is 1. The Bertz CT molecular complexity index is 992. The van der Waals surface area contributed by atoms with Gasteiger partial charge in [0.25, 0.3) is 5.91 Å². The minimum atomic E-state index is -0.391. The fourth-order valence-corrected chi connectivity index (χ4v) is 3.48. The average Bonchev–Trinajstić information content (AvgIpc) is 2.71. The number of anilines is 3. The lowest BCUT2D eigenvalue weighted by molar-refractivity contribution is 0.102. The van der Waals surface area contributed by atoms with E-state index in [1.165, 1.54) is 11.8 Å². The molecule has 0 saturated carbocycles. The lowest BCUT2D eigenvalue weighted by atomic mass is 10.0. The second-order valence-electron chi connectivity index (χ2n) is 6.20. The fourth-order valence-electron chi connectivity index (χ4n) is 3.14. The Morgan fingerprint density at radius 1 is 1.04 bits per heavy atom. The van der Waals surface area contributed by atoms with Crippen LogP contribution in [0.2, 0.25) is 10.0 Å². The molecule has 136 valence electrons. The molecule has 0 spiro atoms. The zero-order chi connectivity index (χ0) is 18.8. The summed E-state index contributed by atoms with van der Waals surface area (Å²) in [6, 6.07) is 13.3. The van der Waals surface area contributed by atoms with Crippen molar-refractivity contribution >= 4 is 46.3 Å². The summed E-state index contributed by atoms with van der Waals surface area (Å²) < 4.78 is 0. The highest BCUT2D eigenvalue weighted by Crippen LogP contribution is 2.32. The SMILES string of the molecule is O=C(Nc1cccc(Cl)c1Cl)c1cnc(N2CCCc3ccccc32)cn1. The molecule has 4 rings (SSSR count). The Labute approximate surface area is 167 Å². The van der Waals surface area contributed by atoms with Crippen molar-refractivity contribution in [1.82, 2.24) is 9.97 Å². The molecule has 1 aromatic heterocycles. The molecule has 3 aromatic rings. The van der Waals surface area contributed by atoms with E-state index in [9.17, 15) is 4.79 Å². The highest BCUT2D eigenvalue weighted by molar-refractivity contribution is 6.44. The zero-order valence-corrected chi connectivity index (χ0v) is 15.8. The summed E-state index contributed by atoms with van der Waals surface area (Å²) in [6.07, 6.45) is 5.20. The van der Waals surface area contributed by atoms with Gasteiger partial charge >= 0.3 is 0 Å². The number of carbonyl (C=O) groups excluding carboxylic acids is 1. The molecule has 2 heterocycles. The molecular formula is C20H16Cl2N4O. The Morgan fingerprint density at radius 3 is 2.70 bits per heavy atom. The monoisotopic (exact) mass is 398 g/mol. The zero-order valence-electron chi connectivity index (χ0n) is 14.3. The summed E-state index contributed by atoms with van der Waals surface area (Å²) in [6.45, 7) is 0.870. The molecule has 0 atom stereocenters. The smallest absolute Gasteiger partial charge is 0.275 e. The highest BCUT2D eigenvalue weighted by atomic mass is 35.5. The number of aryl methyl sites for hydroxylation is 1. The van der Waals surface area contributed by atoms with E-state index in [0.717, 1.165) is 30.9 Å². The summed E-state index contributed by atoms with van der Waals surface area (Å²) in [5.74, 6) is 0.330. The highest BCUT2D eigenvalue weighted by Gasteiger charge is 2.19. The number of fused-ring (bicyclic) bond motifs is 1. The minimum Gasteiger partial charge on any atom is -0.325 e. The third kappa shape index (κ3) is 3.61. The molecule has 1 amide bonds. The molecule has 0 saturated heterocycles. The van der Waals surface area contributed by atoms with E-state index in [0.29, 0.717) is 15.7 Å². The molecular weight excluding hydrogens is 383 g/mol. The van der Waals surface area contributed by atoms with Crippen molar-refractivity contribution in [3.8, 4) is 0 Å². The number of hydrogen-bond acceptors (Lipinski definition) is 4. The van der Waals surface area contributed by atoms with Crippen molar-refractivity contribution in [1.29, 1.82) is 0 Å². The number of rotatable bonds is 3. The Hall–Kier alpha value is -2.63. The Morgan fingerprint density at radius 2 is 1.89 bits per heavy atom.